The minimum atomic E-state index is -2.96. The molecule has 1 aromatic heterocycles. The summed E-state index contributed by atoms with van der Waals surface area (Å²) in [6.45, 7) is 0.491. The smallest absolute Gasteiger partial charge is 0.251 e. The summed E-state index contributed by atoms with van der Waals surface area (Å²) >= 11 is 5.95. The molecule has 1 fully saturated rings. The Labute approximate surface area is 157 Å². The Morgan fingerprint density at radius 3 is 2.85 bits per heavy atom. The van der Waals surface area contributed by atoms with Gasteiger partial charge in [-0.3, -0.25) is 4.79 Å². The molecule has 26 heavy (non-hydrogen) atoms. The summed E-state index contributed by atoms with van der Waals surface area (Å²) in [7, 11) is -2.96. The fraction of sp³-hybridized carbons (Fsp3) is 0.333. The van der Waals surface area contributed by atoms with Gasteiger partial charge in [-0.05, 0) is 42.7 Å². The highest BCUT2D eigenvalue weighted by molar-refractivity contribution is 7.91. The standard InChI is InChI=1S/C18H20ClN3O3S/c19-15-3-1-2-13(10-15)4-7-21-18(23)14-5-8-20-17(11-14)22-16-6-9-26(24,25)12-16/h1-3,5,8,10-11,16H,4,6-7,9,12H2,(H,20,22)(H,21,23). The van der Waals surface area contributed by atoms with Gasteiger partial charge in [0.15, 0.2) is 9.84 Å². The van der Waals surface area contributed by atoms with Crippen LogP contribution in [0.2, 0.25) is 5.02 Å². The lowest BCUT2D eigenvalue weighted by molar-refractivity contribution is 0.0954. The topological polar surface area (TPSA) is 88.2 Å². The van der Waals surface area contributed by atoms with Crippen LogP contribution < -0.4 is 10.6 Å². The van der Waals surface area contributed by atoms with E-state index < -0.39 is 9.84 Å². The summed E-state index contributed by atoms with van der Waals surface area (Å²) in [5.74, 6) is 0.602. The van der Waals surface area contributed by atoms with Crippen molar-refractivity contribution >= 4 is 33.2 Å². The largest absolute Gasteiger partial charge is 0.366 e. The first-order valence-electron chi connectivity index (χ1n) is 8.37. The zero-order chi connectivity index (χ0) is 18.6. The maximum absolute atomic E-state index is 12.3. The zero-order valence-electron chi connectivity index (χ0n) is 14.1. The Hall–Kier alpha value is -2.12. The second-order valence-corrected chi connectivity index (χ2v) is 8.98. The van der Waals surface area contributed by atoms with Gasteiger partial charge < -0.3 is 10.6 Å². The van der Waals surface area contributed by atoms with Crippen LogP contribution in [0.15, 0.2) is 42.6 Å². The first-order valence-corrected chi connectivity index (χ1v) is 10.6. The molecular formula is C18H20ClN3O3S. The van der Waals surface area contributed by atoms with Crippen LogP contribution >= 0.6 is 11.6 Å². The molecule has 1 aromatic carbocycles. The number of aromatic nitrogens is 1. The van der Waals surface area contributed by atoms with Crippen LogP contribution in [-0.4, -0.2) is 43.4 Å². The van der Waals surface area contributed by atoms with Gasteiger partial charge in [-0.2, -0.15) is 0 Å². The van der Waals surface area contributed by atoms with Crippen LogP contribution in [0, 0.1) is 0 Å². The van der Waals surface area contributed by atoms with Gasteiger partial charge in [0.2, 0.25) is 0 Å². The SMILES string of the molecule is O=C(NCCc1cccc(Cl)c1)c1ccnc(NC2CCS(=O)(=O)C2)c1. The summed E-state index contributed by atoms with van der Waals surface area (Å²) in [6.07, 6.45) is 2.78. The van der Waals surface area contributed by atoms with Gasteiger partial charge in [-0.1, -0.05) is 23.7 Å². The van der Waals surface area contributed by atoms with Gasteiger partial charge in [-0.25, -0.2) is 13.4 Å². The summed E-state index contributed by atoms with van der Waals surface area (Å²) in [5, 5.41) is 6.64. The molecule has 1 amide bonds. The van der Waals surface area contributed by atoms with Crippen molar-refractivity contribution in [3.63, 3.8) is 0 Å². The molecule has 0 spiro atoms. The average Bonchev–Trinajstić information content (AvgIpc) is 2.93. The number of sulfone groups is 1. The summed E-state index contributed by atoms with van der Waals surface area (Å²) in [4.78, 5) is 16.5. The molecule has 1 atom stereocenters. The van der Waals surface area contributed by atoms with Crippen molar-refractivity contribution in [2.45, 2.75) is 18.9 Å². The number of halogens is 1. The van der Waals surface area contributed by atoms with E-state index in [1.165, 1.54) is 6.20 Å². The Kier molecular flexibility index (Phi) is 5.78. The predicted molar refractivity (Wildman–Crippen MR) is 102 cm³/mol. The number of benzene rings is 1. The quantitative estimate of drug-likeness (QED) is 0.786. The maximum atomic E-state index is 12.3. The first kappa shape index (κ1) is 18.7. The summed E-state index contributed by atoms with van der Waals surface area (Å²) < 4.78 is 23.1. The summed E-state index contributed by atoms with van der Waals surface area (Å²) in [5.41, 5.74) is 1.53. The summed E-state index contributed by atoms with van der Waals surface area (Å²) in [6, 6.07) is 10.6. The number of hydrogen-bond acceptors (Lipinski definition) is 5. The third kappa shape index (κ3) is 5.19. The van der Waals surface area contributed by atoms with Gasteiger partial charge in [0.25, 0.3) is 5.91 Å². The molecule has 0 saturated carbocycles. The van der Waals surface area contributed by atoms with E-state index in [1.807, 2.05) is 24.3 Å². The lowest BCUT2D eigenvalue weighted by Gasteiger charge is -2.12. The molecule has 6 nitrogen and oxygen atoms in total. The second kappa shape index (κ2) is 8.05. The van der Waals surface area contributed by atoms with Gasteiger partial charge >= 0.3 is 0 Å². The van der Waals surface area contributed by atoms with Crippen LogP contribution in [0.4, 0.5) is 5.82 Å². The van der Waals surface area contributed by atoms with Crippen molar-refractivity contribution in [1.29, 1.82) is 0 Å². The fourth-order valence-corrected chi connectivity index (χ4v) is 4.77. The highest BCUT2D eigenvalue weighted by Crippen LogP contribution is 2.17. The van der Waals surface area contributed by atoms with E-state index in [4.69, 9.17) is 11.6 Å². The molecule has 2 aromatic rings. The number of carbonyl (C=O) groups excluding carboxylic acids is 1. The number of nitrogens with one attached hydrogen (secondary N) is 2. The zero-order valence-corrected chi connectivity index (χ0v) is 15.7. The van der Waals surface area contributed by atoms with Gasteiger partial charge in [0.05, 0.1) is 11.5 Å². The second-order valence-electron chi connectivity index (χ2n) is 6.31. The van der Waals surface area contributed by atoms with Crippen LogP contribution in [0.25, 0.3) is 0 Å². The average molecular weight is 394 g/mol. The Bertz CT molecular complexity index is 902. The van der Waals surface area contributed by atoms with Crippen LogP contribution in [0.3, 0.4) is 0 Å². The van der Waals surface area contributed by atoms with E-state index in [-0.39, 0.29) is 23.5 Å². The molecule has 0 radical (unpaired) electrons. The van der Waals surface area contributed by atoms with Crippen molar-refractivity contribution in [3.8, 4) is 0 Å². The van der Waals surface area contributed by atoms with E-state index in [1.54, 1.807) is 12.1 Å². The van der Waals surface area contributed by atoms with E-state index >= 15 is 0 Å². The van der Waals surface area contributed by atoms with Crippen molar-refractivity contribution in [2.24, 2.45) is 0 Å². The number of pyridine rings is 1. The molecule has 1 unspecified atom stereocenters. The number of nitrogens with zero attached hydrogens (tertiary/aromatic N) is 1. The third-order valence-corrected chi connectivity index (χ3v) is 6.20. The number of hydrogen-bond donors (Lipinski definition) is 2. The highest BCUT2D eigenvalue weighted by Gasteiger charge is 2.27. The number of rotatable bonds is 6. The Morgan fingerprint density at radius 1 is 1.27 bits per heavy atom. The Morgan fingerprint density at radius 2 is 2.12 bits per heavy atom. The normalized spacial score (nSPS) is 18.4. The molecular weight excluding hydrogens is 374 g/mol. The number of anilines is 1. The van der Waals surface area contributed by atoms with Crippen molar-refractivity contribution < 1.29 is 13.2 Å². The van der Waals surface area contributed by atoms with Crippen molar-refractivity contribution in [3.05, 3.63) is 58.7 Å². The molecule has 138 valence electrons. The molecule has 1 aliphatic heterocycles. The van der Waals surface area contributed by atoms with Gasteiger partial charge in [-0.15, -0.1) is 0 Å². The molecule has 0 bridgehead atoms. The van der Waals surface area contributed by atoms with E-state index in [0.717, 1.165) is 5.56 Å². The maximum Gasteiger partial charge on any atom is 0.251 e. The Balaban J connectivity index is 1.54. The van der Waals surface area contributed by atoms with Crippen molar-refractivity contribution in [2.75, 3.05) is 23.4 Å². The molecule has 1 aliphatic rings. The lowest BCUT2D eigenvalue weighted by Crippen LogP contribution is -2.26. The van der Waals surface area contributed by atoms with Crippen LogP contribution in [-0.2, 0) is 16.3 Å². The molecule has 3 rings (SSSR count). The molecule has 2 heterocycles. The molecule has 8 heteroatoms. The highest BCUT2D eigenvalue weighted by atomic mass is 35.5. The third-order valence-electron chi connectivity index (χ3n) is 4.19. The molecule has 1 saturated heterocycles. The van der Waals surface area contributed by atoms with Crippen molar-refractivity contribution in [1.82, 2.24) is 10.3 Å². The van der Waals surface area contributed by atoms with Gasteiger partial charge in [0.1, 0.15) is 5.82 Å². The lowest BCUT2D eigenvalue weighted by atomic mass is 10.1. The van der Waals surface area contributed by atoms with E-state index in [9.17, 15) is 13.2 Å². The molecule has 2 N–H and O–H groups in total. The van der Waals surface area contributed by atoms with Crippen LogP contribution in [0.1, 0.15) is 22.3 Å². The predicted octanol–water partition coefficient (Wildman–Crippen LogP) is 2.31. The number of carbonyl (C=O) groups is 1. The number of amides is 1. The monoisotopic (exact) mass is 393 g/mol. The van der Waals surface area contributed by atoms with E-state index in [0.29, 0.717) is 35.8 Å². The fourth-order valence-electron chi connectivity index (χ4n) is 2.88. The minimum absolute atomic E-state index is 0.102. The van der Waals surface area contributed by atoms with Gasteiger partial charge in [0, 0.05) is 29.4 Å². The van der Waals surface area contributed by atoms with E-state index in [2.05, 4.69) is 15.6 Å². The first-order chi connectivity index (χ1) is 12.4. The minimum Gasteiger partial charge on any atom is -0.366 e. The van der Waals surface area contributed by atoms with Crippen LogP contribution in [0.5, 0.6) is 0 Å². The molecule has 0 aliphatic carbocycles.